The highest BCUT2D eigenvalue weighted by molar-refractivity contribution is 5.86. The van der Waals surface area contributed by atoms with Crippen LogP contribution in [0.15, 0.2) is 43.0 Å². The first-order valence-electron chi connectivity index (χ1n) is 7.19. The SMILES string of the molecule is C=CCC1(C)OCC(COC)N(Cc2ccccc2)C1=O. The fourth-order valence-corrected chi connectivity index (χ4v) is 2.63. The molecule has 0 bridgehead atoms. The number of ether oxygens (including phenoxy) is 2. The number of carbonyl (C=O) groups excluding carboxylic acids is 1. The Kier molecular flexibility index (Phi) is 5.15. The molecule has 0 spiro atoms. The largest absolute Gasteiger partial charge is 0.382 e. The molecule has 1 amide bonds. The Balaban J connectivity index is 2.21. The van der Waals surface area contributed by atoms with Gasteiger partial charge in [-0.3, -0.25) is 4.79 Å². The van der Waals surface area contributed by atoms with Gasteiger partial charge in [0.15, 0.2) is 0 Å². The third-order valence-corrected chi connectivity index (χ3v) is 3.84. The summed E-state index contributed by atoms with van der Waals surface area (Å²) in [4.78, 5) is 14.7. The monoisotopic (exact) mass is 289 g/mol. The minimum Gasteiger partial charge on any atom is -0.382 e. The van der Waals surface area contributed by atoms with Crippen LogP contribution in [-0.4, -0.2) is 42.8 Å². The zero-order valence-corrected chi connectivity index (χ0v) is 12.7. The van der Waals surface area contributed by atoms with Crippen molar-refractivity contribution in [1.82, 2.24) is 4.90 Å². The fourth-order valence-electron chi connectivity index (χ4n) is 2.63. The van der Waals surface area contributed by atoms with Crippen molar-refractivity contribution in [2.24, 2.45) is 0 Å². The number of hydrogen-bond donors (Lipinski definition) is 0. The van der Waals surface area contributed by atoms with Gasteiger partial charge in [-0.2, -0.15) is 0 Å². The van der Waals surface area contributed by atoms with E-state index in [2.05, 4.69) is 6.58 Å². The molecule has 0 radical (unpaired) electrons. The first kappa shape index (κ1) is 15.7. The molecule has 4 heteroatoms. The van der Waals surface area contributed by atoms with Crippen LogP contribution in [0.4, 0.5) is 0 Å². The van der Waals surface area contributed by atoms with Crippen molar-refractivity contribution in [3.05, 3.63) is 48.6 Å². The van der Waals surface area contributed by atoms with E-state index < -0.39 is 5.60 Å². The maximum absolute atomic E-state index is 12.8. The standard InChI is InChI=1S/C17H23NO3/c1-4-10-17(2)16(19)18(15(12-20-3)13-21-17)11-14-8-6-5-7-9-14/h4-9,15H,1,10-13H2,2-3H3. The lowest BCUT2D eigenvalue weighted by Gasteiger charge is -2.44. The molecule has 1 fully saturated rings. The Morgan fingerprint density at radius 2 is 2.19 bits per heavy atom. The summed E-state index contributed by atoms with van der Waals surface area (Å²) in [5.41, 5.74) is 0.288. The van der Waals surface area contributed by atoms with Gasteiger partial charge in [-0.1, -0.05) is 36.4 Å². The van der Waals surface area contributed by atoms with Crippen LogP contribution in [-0.2, 0) is 20.8 Å². The van der Waals surface area contributed by atoms with E-state index in [0.717, 1.165) is 5.56 Å². The average molecular weight is 289 g/mol. The van der Waals surface area contributed by atoms with Crippen LogP contribution in [0.25, 0.3) is 0 Å². The molecular formula is C17H23NO3. The van der Waals surface area contributed by atoms with Gasteiger partial charge in [0.2, 0.25) is 0 Å². The van der Waals surface area contributed by atoms with Crippen LogP contribution in [0, 0.1) is 0 Å². The van der Waals surface area contributed by atoms with E-state index in [4.69, 9.17) is 9.47 Å². The highest BCUT2D eigenvalue weighted by atomic mass is 16.5. The van der Waals surface area contributed by atoms with Gasteiger partial charge in [-0.15, -0.1) is 6.58 Å². The van der Waals surface area contributed by atoms with E-state index in [0.29, 0.717) is 26.2 Å². The van der Waals surface area contributed by atoms with Crippen molar-refractivity contribution >= 4 is 5.91 Å². The highest BCUT2D eigenvalue weighted by Gasteiger charge is 2.44. The molecule has 2 atom stereocenters. The number of hydrogen-bond acceptors (Lipinski definition) is 3. The van der Waals surface area contributed by atoms with Gasteiger partial charge in [-0.25, -0.2) is 0 Å². The normalized spacial score (nSPS) is 25.9. The number of rotatable bonds is 6. The predicted molar refractivity (Wildman–Crippen MR) is 81.8 cm³/mol. The van der Waals surface area contributed by atoms with Crippen LogP contribution in [0.1, 0.15) is 18.9 Å². The van der Waals surface area contributed by atoms with Crippen LogP contribution >= 0.6 is 0 Å². The van der Waals surface area contributed by atoms with Crippen molar-refractivity contribution in [3.63, 3.8) is 0 Å². The summed E-state index contributed by atoms with van der Waals surface area (Å²) in [5.74, 6) is -0.000414. The van der Waals surface area contributed by atoms with Gasteiger partial charge in [0, 0.05) is 20.1 Å². The zero-order chi connectivity index (χ0) is 15.3. The van der Waals surface area contributed by atoms with Gasteiger partial charge in [0.25, 0.3) is 5.91 Å². The second-order valence-corrected chi connectivity index (χ2v) is 5.56. The summed E-state index contributed by atoms with van der Waals surface area (Å²) in [6, 6.07) is 9.93. The van der Waals surface area contributed by atoms with Crippen molar-refractivity contribution < 1.29 is 14.3 Å². The smallest absolute Gasteiger partial charge is 0.255 e. The summed E-state index contributed by atoms with van der Waals surface area (Å²) >= 11 is 0. The molecule has 1 aliphatic heterocycles. The number of benzene rings is 1. The second-order valence-electron chi connectivity index (χ2n) is 5.56. The van der Waals surface area contributed by atoms with Gasteiger partial charge >= 0.3 is 0 Å². The quantitative estimate of drug-likeness (QED) is 0.755. The maximum Gasteiger partial charge on any atom is 0.255 e. The van der Waals surface area contributed by atoms with Crippen molar-refractivity contribution in [3.8, 4) is 0 Å². The molecule has 2 unspecified atom stereocenters. The molecule has 4 nitrogen and oxygen atoms in total. The average Bonchev–Trinajstić information content (AvgIpc) is 2.49. The molecule has 1 saturated heterocycles. The molecule has 0 aromatic heterocycles. The van der Waals surface area contributed by atoms with E-state index in [9.17, 15) is 4.79 Å². The van der Waals surface area contributed by atoms with E-state index in [1.807, 2.05) is 42.2 Å². The topological polar surface area (TPSA) is 38.8 Å². The Bertz CT molecular complexity index is 488. The lowest BCUT2D eigenvalue weighted by molar-refractivity contribution is -0.180. The minimum atomic E-state index is -0.819. The van der Waals surface area contributed by atoms with Gasteiger partial charge in [0.05, 0.1) is 19.3 Å². The summed E-state index contributed by atoms with van der Waals surface area (Å²) in [6.07, 6.45) is 2.24. The Hall–Kier alpha value is -1.65. The lowest BCUT2D eigenvalue weighted by atomic mass is 9.96. The number of carbonyl (C=O) groups is 1. The number of methoxy groups -OCH3 is 1. The number of nitrogens with zero attached hydrogens (tertiary/aromatic N) is 1. The zero-order valence-electron chi connectivity index (χ0n) is 12.7. The molecule has 0 N–H and O–H groups in total. The summed E-state index contributed by atoms with van der Waals surface area (Å²) in [7, 11) is 1.64. The highest BCUT2D eigenvalue weighted by Crippen LogP contribution is 2.28. The first-order valence-corrected chi connectivity index (χ1v) is 7.19. The second kappa shape index (κ2) is 6.87. The van der Waals surface area contributed by atoms with E-state index in [1.165, 1.54) is 0 Å². The van der Waals surface area contributed by atoms with Crippen molar-refractivity contribution in [1.29, 1.82) is 0 Å². The number of amides is 1. The van der Waals surface area contributed by atoms with Gasteiger partial charge in [-0.05, 0) is 12.5 Å². The Labute approximate surface area is 126 Å². The predicted octanol–water partition coefficient (Wildman–Crippen LogP) is 2.40. The van der Waals surface area contributed by atoms with E-state index in [-0.39, 0.29) is 11.9 Å². The van der Waals surface area contributed by atoms with Crippen LogP contribution in [0.3, 0.4) is 0 Å². The minimum absolute atomic E-state index is 0.000414. The molecule has 1 aromatic carbocycles. The van der Waals surface area contributed by atoms with Gasteiger partial charge in [0.1, 0.15) is 5.60 Å². The van der Waals surface area contributed by atoms with Crippen molar-refractivity contribution in [2.75, 3.05) is 20.3 Å². The lowest BCUT2D eigenvalue weighted by Crippen LogP contribution is -2.60. The molecular weight excluding hydrogens is 266 g/mol. The van der Waals surface area contributed by atoms with Crippen molar-refractivity contribution in [2.45, 2.75) is 31.5 Å². The van der Waals surface area contributed by atoms with Gasteiger partial charge < -0.3 is 14.4 Å². The molecule has 1 aromatic rings. The fraction of sp³-hybridized carbons (Fsp3) is 0.471. The number of morpholine rings is 1. The molecule has 0 aliphatic carbocycles. The van der Waals surface area contributed by atoms with Crippen LogP contribution < -0.4 is 0 Å². The maximum atomic E-state index is 12.8. The van der Waals surface area contributed by atoms with E-state index in [1.54, 1.807) is 13.2 Å². The molecule has 114 valence electrons. The molecule has 1 aliphatic rings. The molecule has 1 heterocycles. The summed E-state index contributed by atoms with van der Waals surface area (Å²) in [5, 5.41) is 0. The van der Waals surface area contributed by atoms with Crippen LogP contribution in [0.5, 0.6) is 0 Å². The Morgan fingerprint density at radius 1 is 1.48 bits per heavy atom. The molecule has 21 heavy (non-hydrogen) atoms. The third kappa shape index (κ3) is 3.52. The third-order valence-electron chi connectivity index (χ3n) is 3.84. The van der Waals surface area contributed by atoms with Crippen LogP contribution in [0.2, 0.25) is 0 Å². The molecule has 0 saturated carbocycles. The summed E-state index contributed by atoms with van der Waals surface area (Å²) in [6.45, 7) is 7.09. The Morgan fingerprint density at radius 3 is 2.81 bits per heavy atom. The first-order chi connectivity index (χ1) is 10.1. The van der Waals surface area contributed by atoms with E-state index >= 15 is 0 Å². The molecule has 2 rings (SSSR count). The summed E-state index contributed by atoms with van der Waals surface area (Å²) < 4.78 is 11.0.